The minimum absolute atomic E-state index is 0.0868. The maximum absolute atomic E-state index is 14.0. The van der Waals surface area contributed by atoms with Gasteiger partial charge in [-0.15, -0.1) is 0 Å². The van der Waals surface area contributed by atoms with Crippen LogP contribution < -0.4 is 0 Å². The van der Waals surface area contributed by atoms with Gasteiger partial charge in [0.15, 0.2) is 0 Å². The molecule has 6 nitrogen and oxygen atoms in total. The summed E-state index contributed by atoms with van der Waals surface area (Å²) < 4.78 is 65.4. The normalized spacial score (nSPS) is 22.8. The molecule has 2 aliphatic rings. The van der Waals surface area contributed by atoms with E-state index in [9.17, 15) is 22.4 Å². The van der Waals surface area contributed by atoms with Crippen molar-refractivity contribution >= 4 is 17.9 Å². The van der Waals surface area contributed by atoms with E-state index in [-0.39, 0.29) is 18.2 Å². The van der Waals surface area contributed by atoms with E-state index in [1.54, 1.807) is 4.90 Å². The molecule has 3 rings (SSSR count). The molecule has 0 aromatic heterocycles. The van der Waals surface area contributed by atoms with E-state index in [1.165, 1.54) is 19.1 Å². The number of aliphatic imine (C=N–C) groups is 2. The zero-order valence-corrected chi connectivity index (χ0v) is 15.1. The molecule has 0 bridgehead atoms. The predicted molar refractivity (Wildman–Crippen MR) is 92.3 cm³/mol. The highest BCUT2D eigenvalue weighted by Crippen LogP contribution is 2.39. The van der Waals surface area contributed by atoms with Crippen LogP contribution in [0.3, 0.4) is 0 Å². The van der Waals surface area contributed by atoms with E-state index < -0.39 is 29.5 Å². The van der Waals surface area contributed by atoms with E-state index >= 15 is 0 Å². The molecule has 1 atom stereocenters. The SMILES string of the molecule is CCOC(=O)C1(C(F)(F)F)N=C(c2ccc(F)cc2)OC(N2CCCCC2)=N1. The van der Waals surface area contributed by atoms with Crippen LogP contribution in [0.1, 0.15) is 31.7 Å². The molecule has 0 spiro atoms. The molecule has 10 heteroatoms. The first-order chi connectivity index (χ1) is 13.3. The van der Waals surface area contributed by atoms with Gasteiger partial charge in [-0.25, -0.2) is 9.18 Å². The Bertz CT molecular complexity index is 786. The standard InChI is InChI=1S/C18H19F4N3O3/c1-2-27-15(26)17(18(20,21)22)23-14(12-6-8-13(19)9-7-12)28-16(24-17)25-10-4-3-5-11-25/h6-9H,2-5,10-11H2,1H3. The molecule has 28 heavy (non-hydrogen) atoms. The summed E-state index contributed by atoms with van der Waals surface area (Å²) in [5.41, 5.74) is -3.39. The van der Waals surface area contributed by atoms with Crippen molar-refractivity contribution in [3.8, 4) is 0 Å². The minimum atomic E-state index is -5.16. The first-order valence-corrected chi connectivity index (χ1v) is 8.89. The van der Waals surface area contributed by atoms with Gasteiger partial charge in [0.1, 0.15) is 5.82 Å². The number of carbonyl (C=O) groups excluding carboxylic acids is 1. The lowest BCUT2D eigenvalue weighted by atomic mass is 10.1. The molecular weight excluding hydrogens is 382 g/mol. The molecule has 1 saturated heterocycles. The third-order valence-electron chi connectivity index (χ3n) is 4.38. The first-order valence-electron chi connectivity index (χ1n) is 8.89. The van der Waals surface area contributed by atoms with Gasteiger partial charge in [-0.05, 0) is 50.5 Å². The lowest BCUT2D eigenvalue weighted by Crippen LogP contribution is -2.55. The first kappa shape index (κ1) is 20.1. The van der Waals surface area contributed by atoms with Crippen LogP contribution in [0, 0.1) is 5.82 Å². The summed E-state index contributed by atoms with van der Waals surface area (Å²) in [7, 11) is 0. The molecule has 2 heterocycles. The molecule has 0 radical (unpaired) electrons. The average molecular weight is 401 g/mol. The smallest absolute Gasteiger partial charge is 0.446 e. The second-order valence-corrected chi connectivity index (χ2v) is 6.36. The van der Waals surface area contributed by atoms with Crippen LogP contribution in [0.15, 0.2) is 34.3 Å². The Kier molecular flexibility index (Phi) is 5.57. The van der Waals surface area contributed by atoms with Gasteiger partial charge in [0.25, 0.3) is 6.02 Å². The van der Waals surface area contributed by atoms with E-state index in [2.05, 4.69) is 14.7 Å². The van der Waals surface area contributed by atoms with Crippen molar-refractivity contribution in [1.29, 1.82) is 0 Å². The average Bonchev–Trinajstić information content (AvgIpc) is 2.68. The Morgan fingerprint density at radius 3 is 2.39 bits per heavy atom. The third kappa shape index (κ3) is 3.81. The fraction of sp³-hybridized carbons (Fsp3) is 0.500. The van der Waals surface area contributed by atoms with Crippen LogP contribution in [0.5, 0.6) is 0 Å². The third-order valence-corrected chi connectivity index (χ3v) is 4.38. The molecular formula is C18H19F4N3O3. The molecule has 1 aromatic rings. The summed E-state index contributed by atoms with van der Waals surface area (Å²) in [5, 5.41) is 0. The van der Waals surface area contributed by atoms with E-state index in [1.807, 2.05) is 0 Å². The Labute approximate surface area is 158 Å². The number of benzene rings is 1. The number of piperidine rings is 1. The molecule has 0 N–H and O–H groups in total. The van der Waals surface area contributed by atoms with Crippen molar-refractivity contribution in [2.75, 3.05) is 19.7 Å². The number of halogens is 4. The van der Waals surface area contributed by atoms with Gasteiger partial charge in [0.2, 0.25) is 5.90 Å². The minimum Gasteiger partial charge on any atom is -0.462 e. The van der Waals surface area contributed by atoms with Crippen LogP contribution in [-0.4, -0.2) is 54.3 Å². The van der Waals surface area contributed by atoms with Crippen molar-refractivity contribution in [3.63, 3.8) is 0 Å². The summed E-state index contributed by atoms with van der Waals surface area (Å²) in [4.78, 5) is 21.0. The van der Waals surface area contributed by atoms with Crippen LogP contribution in [-0.2, 0) is 14.3 Å². The summed E-state index contributed by atoms with van der Waals surface area (Å²) in [6, 6.07) is 4.22. The lowest BCUT2D eigenvalue weighted by Gasteiger charge is -2.35. The molecule has 0 amide bonds. The Morgan fingerprint density at radius 2 is 1.82 bits per heavy atom. The molecule has 0 saturated carbocycles. The number of hydrogen-bond acceptors (Lipinski definition) is 6. The van der Waals surface area contributed by atoms with Gasteiger partial charge in [-0.3, -0.25) is 0 Å². The zero-order chi connectivity index (χ0) is 20.4. The number of amidine groups is 1. The Balaban J connectivity index is 2.12. The number of nitrogens with zero attached hydrogens (tertiary/aromatic N) is 3. The number of ether oxygens (including phenoxy) is 2. The van der Waals surface area contributed by atoms with Gasteiger partial charge in [0, 0.05) is 18.7 Å². The highest BCUT2D eigenvalue weighted by atomic mass is 19.4. The summed E-state index contributed by atoms with van der Waals surface area (Å²) in [6.45, 7) is 1.99. The number of hydrogen-bond donors (Lipinski definition) is 0. The number of likely N-dealkylation sites (tertiary alicyclic amines) is 1. The lowest BCUT2D eigenvalue weighted by molar-refractivity contribution is -0.204. The molecule has 2 aliphatic heterocycles. The number of esters is 1. The molecule has 0 aliphatic carbocycles. The fourth-order valence-electron chi connectivity index (χ4n) is 2.94. The van der Waals surface area contributed by atoms with Crippen LogP contribution >= 0.6 is 0 Å². The van der Waals surface area contributed by atoms with E-state index in [0.717, 1.165) is 31.4 Å². The predicted octanol–water partition coefficient (Wildman–Crippen LogP) is 3.27. The van der Waals surface area contributed by atoms with Gasteiger partial charge in [-0.1, -0.05) is 0 Å². The van der Waals surface area contributed by atoms with Crippen LogP contribution in [0.2, 0.25) is 0 Å². The van der Waals surface area contributed by atoms with E-state index in [0.29, 0.717) is 13.1 Å². The van der Waals surface area contributed by atoms with Gasteiger partial charge in [-0.2, -0.15) is 23.2 Å². The zero-order valence-electron chi connectivity index (χ0n) is 15.1. The second-order valence-electron chi connectivity index (χ2n) is 6.36. The summed E-state index contributed by atoms with van der Waals surface area (Å²) in [5.74, 6) is -2.68. The molecule has 1 aromatic carbocycles. The summed E-state index contributed by atoms with van der Waals surface area (Å²) in [6.07, 6.45) is -2.71. The molecule has 152 valence electrons. The topological polar surface area (TPSA) is 63.5 Å². The summed E-state index contributed by atoms with van der Waals surface area (Å²) >= 11 is 0. The Hall–Kier alpha value is -2.65. The van der Waals surface area contributed by atoms with Crippen molar-refractivity contribution in [3.05, 3.63) is 35.6 Å². The van der Waals surface area contributed by atoms with Gasteiger partial charge in [0.05, 0.1) is 6.61 Å². The second kappa shape index (κ2) is 7.76. The highest BCUT2D eigenvalue weighted by Gasteiger charge is 2.65. The van der Waals surface area contributed by atoms with Crippen molar-refractivity contribution < 1.29 is 31.8 Å². The maximum atomic E-state index is 14.0. The molecule has 1 fully saturated rings. The number of carbonyl (C=O) groups is 1. The quantitative estimate of drug-likeness (QED) is 0.576. The van der Waals surface area contributed by atoms with Crippen molar-refractivity contribution in [2.45, 2.75) is 38.0 Å². The Morgan fingerprint density at radius 1 is 1.18 bits per heavy atom. The fourth-order valence-corrected chi connectivity index (χ4v) is 2.94. The largest absolute Gasteiger partial charge is 0.462 e. The number of alkyl halides is 3. The van der Waals surface area contributed by atoms with Crippen molar-refractivity contribution in [2.24, 2.45) is 9.98 Å². The number of rotatable bonds is 3. The van der Waals surface area contributed by atoms with E-state index in [4.69, 9.17) is 4.74 Å². The monoisotopic (exact) mass is 401 g/mol. The highest BCUT2D eigenvalue weighted by molar-refractivity contribution is 6.05. The molecule has 1 unspecified atom stereocenters. The van der Waals surface area contributed by atoms with Gasteiger partial charge >= 0.3 is 17.8 Å². The maximum Gasteiger partial charge on any atom is 0.446 e. The van der Waals surface area contributed by atoms with Crippen LogP contribution in [0.4, 0.5) is 17.6 Å². The van der Waals surface area contributed by atoms with Crippen molar-refractivity contribution in [1.82, 2.24) is 4.90 Å². The van der Waals surface area contributed by atoms with Gasteiger partial charge < -0.3 is 14.4 Å². The van der Waals surface area contributed by atoms with Crippen LogP contribution in [0.25, 0.3) is 0 Å².